The highest BCUT2D eigenvalue weighted by Gasteiger charge is 2.31. The van der Waals surface area contributed by atoms with Crippen molar-refractivity contribution in [3.8, 4) is 0 Å². The lowest BCUT2D eigenvalue weighted by atomic mass is 10.0. The highest BCUT2D eigenvalue weighted by atomic mass is 79.9. The maximum atomic E-state index is 14.4. The van der Waals surface area contributed by atoms with Crippen molar-refractivity contribution < 1.29 is 23.9 Å². The number of nitrogens with zero attached hydrogens (tertiary/aromatic N) is 1. The van der Waals surface area contributed by atoms with Crippen LogP contribution < -0.4 is 16.0 Å². The molecule has 0 bridgehead atoms. The number of hydrogen-bond donors (Lipinski definition) is 3. The molecule has 1 aromatic heterocycles. The highest BCUT2D eigenvalue weighted by molar-refractivity contribution is 9.10. The second-order valence-corrected chi connectivity index (χ2v) is 16.7. The topological polar surface area (TPSA) is 117 Å². The molecule has 1 aliphatic rings. The van der Waals surface area contributed by atoms with Gasteiger partial charge in [-0.25, -0.2) is 4.79 Å². The number of thiophene rings is 1. The first kappa shape index (κ1) is 40.4. The van der Waals surface area contributed by atoms with Crippen molar-refractivity contribution in [1.82, 2.24) is 10.2 Å². The highest BCUT2D eigenvalue weighted by Crippen LogP contribution is 2.41. The molecule has 12 heteroatoms. The monoisotopic (exact) mass is 870 g/mol. The predicted molar refractivity (Wildman–Crippen MR) is 235 cm³/mol. The molecule has 3 N–H and O–H groups in total. The molecule has 0 saturated heterocycles. The first-order chi connectivity index (χ1) is 28.2. The Balaban J connectivity index is 1.11. The zero-order chi connectivity index (χ0) is 40.4. The van der Waals surface area contributed by atoms with Gasteiger partial charge in [0.25, 0.3) is 11.8 Å². The summed E-state index contributed by atoms with van der Waals surface area (Å²) in [5, 5.41) is 8.56. The first-order valence-corrected chi connectivity index (χ1v) is 21.0. The molecular weight excluding hydrogens is 833 g/mol. The summed E-state index contributed by atoms with van der Waals surface area (Å²) in [6.45, 7) is 2.21. The molecule has 9 nitrogen and oxygen atoms in total. The van der Waals surface area contributed by atoms with Crippen LogP contribution in [0.5, 0.6) is 0 Å². The molecule has 5 aromatic carbocycles. The van der Waals surface area contributed by atoms with E-state index in [1.807, 2.05) is 84.9 Å². The fourth-order valence-electron chi connectivity index (χ4n) is 6.57. The van der Waals surface area contributed by atoms with Crippen molar-refractivity contribution in [2.24, 2.45) is 0 Å². The number of hydrogen-bond acceptors (Lipinski definition) is 8. The predicted octanol–water partition coefficient (Wildman–Crippen LogP) is 9.74. The number of anilines is 2. The van der Waals surface area contributed by atoms with Crippen molar-refractivity contribution in [2.45, 2.75) is 29.7 Å². The van der Waals surface area contributed by atoms with Gasteiger partial charge in [-0.05, 0) is 77.2 Å². The SMILES string of the molecule is COC(=O)c1c(NC(=O)C(Sc2cccc(NC(=O)/C(=C\c3ccc(Br)cc3)NC(=O)c3ccccc3)c2)c2ccccc2)sc2c1CCN(Cc1ccccc1)C2. The maximum Gasteiger partial charge on any atom is 0.341 e. The van der Waals surface area contributed by atoms with E-state index in [0.717, 1.165) is 33.6 Å². The lowest BCUT2D eigenvalue weighted by Crippen LogP contribution is -2.30. The normalized spacial score (nSPS) is 13.2. The van der Waals surface area contributed by atoms with Crippen LogP contribution in [-0.2, 0) is 33.8 Å². The van der Waals surface area contributed by atoms with Gasteiger partial charge in [-0.15, -0.1) is 23.1 Å². The summed E-state index contributed by atoms with van der Waals surface area (Å²) in [5.41, 5.74) is 4.94. The average molecular weight is 872 g/mol. The van der Waals surface area contributed by atoms with Crippen molar-refractivity contribution in [2.75, 3.05) is 24.3 Å². The summed E-state index contributed by atoms with van der Waals surface area (Å²) in [7, 11) is 1.35. The van der Waals surface area contributed by atoms with E-state index < -0.39 is 23.0 Å². The number of ether oxygens (including phenoxy) is 1. The largest absolute Gasteiger partial charge is 0.465 e. The molecule has 0 spiro atoms. The lowest BCUT2D eigenvalue weighted by molar-refractivity contribution is -0.116. The number of amides is 3. The zero-order valence-electron chi connectivity index (χ0n) is 31.4. The molecule has 292 valence electrons. The van der Waals surface area contributed by atoms with Gasteiger partial charge in [0.1, 0.15) is 15.9 Å². The number of methoxy groups -OCH3 is 1. The molecule has 58 heavy (non-hydrogen) atoms. The zero-order valence-corrected chi connectivity index (χ0v) is 34.7. The minimum atomic E-state index is -0.718. The number of benzene rings is 5. The number of halogens is 1. The Kier molecular flexibility index (Phi) is 13.3. The number of carbonyl (C=O) groups is 4. The van der Waals surface area contributed by atoms with Gasteiger partial charge in [-0.1, -0.05) is 113 Å². The minimum Gasteiger partial charge on any atom is -0.465 e. The van der Waals surface area contributed by atoms with Crippen LogP contribution in [-0.4, -0.2) is 42.2 Å². The molecule has 3 amide bonds. The van der Waals surface area contributed by atoms with Crippen LogP contribution in [0.3, 0.4) is 0 Å². The van der Waals surface area contributed by atoms with E-state index in [-0.39, 0.29) is 11.6 Å². The Labute approximate surface area is 353 Å². The molecule has 0 saturated carbocycles. The summed E-state index contributed by atoms with van der Waals surface area (Å²) in [6.07, 6.45) is 2.27. The summed E-state index contributed by atoms with van der Waals surface area (Å²) in [6, 6.07) is 42.9. The van der Waals surface area contributed by atoms with Crippen molar-refractivity contribution in [3.05, 3.63) is 188 Å². The van der Waals surface area contributed by atoms with E-state index in [2.05, 4.69) is 48.9 Å². The van der Waals surface area contributed by atoms with Crippen LogP contribution in [0.25, 0.3) is 6.08 Å². The second-order valence-electron chi connectivity index (χ2n) is 13.5. The number of rotatable bonds is 13. The van der Waals surface area contributed by atoms with E-state index in [4.69, 9.17) is 4.74 Å². The fourth-order valence-corrected chi connectivity index (χ4v) is 9.20. The Morgan fingerprint density at radius 2 is 1.53 bits per heavy atom. The molecule has 0 aliphatic carbocycles. The van der Waals surface area contributed by atoms with Crippen LogP contribution in [0.4, 0.5) is 10.7 Å². The van der Waals surface area contributed by atoms with Gasteiger partial charge in [0.05, 0.1) is 12.7 Å². The van der Waals surface area contributed by atoms with Gasteiger partial charge in [-0.2, -0.15) is 0 Å². The molecule has 0 radical (unpaired) electrons. The molecular formula is C46H39BrN4O5S2. The van der Waals surface area contributed by atoms with Gasteiger partial charge in [0.2, 0.25) is 5.91 Å². The van der Waals surface area contributed by atoms with E-state index in [9.17, 15) is 19.2 Å². The fraction of sp³-hybridized carbons (Fsp3) is 0.130. The smallest absolute Gasteiger partial charge is 0.341 e. The lowest BCUT2D eigenvalue weighted by Gasteiger charge is -2.27. The van der Waals surface area contributed by atoms with E-state index in [1.54, 1.807) is 48.5 Å². The van der Waals surface area contributed by atoms with Gasteiger partial charge < -0.3 is 20.7 Å². The van der Waals surface area contributed by atoms with E-state index in [0.29, 0.717) is 45.2 Å². The third-order valence-corrected chi connectivity index (χ3v) is 12.3. The Bertz CT molecular complexity index is 2440. The minimum absolute atomic E-state index is 0.0546. The number of carbonyl (C=O) groups excluding carboxylic acids is 4. The molecule has 0 fully saturated rings. The van der Waals surface area contributed by atoms with Crippen molar-refractivity contribution >= 4 is 79.5 Å². The summed E-state index contributed by atoms with van der Waals surface area (Å²) in [5.74, 6) is -1.73. The van der Waals surface area contributed by atoms with Gasteiger partial charge >= 0.3 is 5.97 Å². The van der Waals surface area contributed by atoms with Crippen LogP contribution in [0.1, 0.15) is 53.1 Å². The van der Waals surface area contributed by atoms with Crippen molar-refractivity contribution in [1.29, 1.82) is 0 Å². The average Bonchev–Trinajstić information content (AvgIpc) is 3.60. The number of nitrogens with one attached hydrogen (secondary N) is 3. The summed E-state index contributed by atoms with van der Waals surface area (Å²) >= 11 is 6.17. The molecule has 1 atom stereocenters. The molecule has 6 aromatic rings. The van der Waals surface area contributed by atoms with E-state index >= 15 is 0 Å². The maximum absolute atomic E-state index is 14.4. The first-order valence-electron chi connectivity index (χ1n) is 18.5. The molecule has 2 heterocycles. The molecule has 1 aliphatic heterocycles. The Morgan fingerprint density at radius 3 is 2.24 bits per heavy atom. The van der Waals surface area contributed by atoms with Crippen molar-refractivity contribution in [3.63, 3.8) is 0 Å². The third kappa shape index (κ3) is 10.2. The van der Waals surface area contributed by atoms with E-state index in [1.165, 1.54) is 35.8 Å². The van der Waals surface area contributed by atoms with Crippen LogP contribution in [0.2, 0.25) is 0 Å². The van der Waals surface area contributed by atoms with Gasteiger partial charge in [-0.3, -0.25) is 19.3 Å². The van der Waals surface area contributed by atoms with Gasteiger partial charge in [0.15, 0.2) is 0 Å². The van der Waals surface area contributed by atoms with Crippen LogP contribution >= 0.6 is 39.0 Å². The third-order valence-electron chi connectivity index (χ3n) is 9.41. The van der Waals surface area contributed by atoms with Crippen LogP contribution in [0.15, 0.2) is 155 Å². The summed E-state index contributed by atoms with van der Waals surface area (Å²) in [4.78, 5) is 58.6. The molecule has 1 unspecified atom stereocenters. The standard InChI is InChI=1S/C46H39BrN4O5S2/c1-56-46(55)40-37-24-25-51(28-31-12-5-2-6-13-31)29-39(37)58-45(40)50-44(54)41(32-14-7-3-8-15-32)57-36-19-11-18-35(27-36)48-43(53)38(26-30-20-22-34(47)23-21-30)49-42(52)33-16-9-4-10-17-33/h2-23,26-27,41H,24-25,28-29H2,1H3,(H,48,53)(H,49,52)(H,50,54)/b38-26+. The number of thioether (sulfide) groups is 1. The van der Waals surface area contributed by atoms with Gasteiger partial charge in [0, 0.05) is 45.1 Å². The van der Waals surface area contributed by atoms with Crippen LogP contribution in [0, 0.1) is 0 Å². The quantitative estimate of drug-likeness (QED) is 0.0602. The molecule has 7 rings (SSSR count). The number of fused-ring (bicyclic) bond motifs is 1. The second kappa shape index (κ2) is 19.1. The summed E-state index contributed by atoms with van der Waals surface area (Å²) < 4.78 is 6.10. The number of esters is 1. The Morgan fingerprint density at radius 1 is 0.845 bits per heavy atom. The Hall–Kier alpha value is -5.79.